The minimum absolute atomic E-state index is 0.0236. The Hall–Kier alpha value is -0.0200. The highest BCUT2D eigenvalue weighted by molar-refractivity contribution is 9.10. The molecule has 0 radical (unpaired) electrons. The number of rotatable bonds is 8. The van der Waals surface area contributed by atoms with Crippen molar-refractivity contribution < 1.29 is 12.8 Å². The molecule has 8 heteroatoms. The molecule has 1 N–H and O–H groups in total. The second kappa shape index (κ2) is 7.84. The van der Waals surface area contributed by atoms with Gasteiger partial charge in [0.25, 0.3) is 0 Å². The van der Waals surface area contributed by atoms with E-state index in [4.69, 9.17) is 4.42 Å². The molecule has 1 atom stereocenters. The SMILES string of the molecule is CCC(CSC)N(C)S(=O)(=O)c1cc(CNC)oc1Br. The van der Waals surface area contributed by atoms with Crippen LogP contribution in [-0.2, 0) is 16.6 Å². The van der Waals surface area contributed by atoms with Crippen molar-refractivity contribution in [2.24, 2.45) is 0 Å². The number of furan rings is 1. The molecule has 116 valence electrons. The van der Waals surface area contributed by atoms with Crippen LogP contribution in [0.3, 0.4) is 0 Å². The average molecular weight is 385 g/mol. The van der Waals surface area contributed by atoms with Crippen molar-refractivity contribution in [1.82, 2.24) is 9.62 Å². The molecule has 0 saturated heterocycles. The minimum atomic E-state index is -3.55. The fourth-order valence-electron chi connectivity index (χ4n) is 1.86. The molecule has 5 nitrogen and oxygen atoms in total. The molecule has 0 aliphatic rings. The van der Waals surface area contributed by atoms with E-state index < -0.39 is 10.0 Å². The van der Waals surface area contributed by atoms with Gasteiger partial charge in [-0.05, 0) is 35.7 Å². The van der Waals surface area contributed by atoms with Crippen LogP contribution in [0, 0.1) is 0 Å². The first kappa shape index (κ1) is 18.0. The Bertz CT molecular complexity index is 531. The van der Waals surface area contributed by atoms with Crippen LogP contribution in [-0.4, -0.2) is 44.9 Å². The molecule has 0 spiro atoms. The summed E-state index contributed by atoms with van der Waals surface area (Å²) in [5, 5.41) is 2.93. The Kier molecular flexibility index (Phi) is 7.07. The Labute approximate surface area is 133 Å². The Morgan fingerprint density at radius 2 is 2.20 bits per heavy atom. The average Bonchev–Trinajstić information content (AvgIpc) is 2.77. The molecule has 0 fully saturated rings. The van der Waals surface area contributed by atoms with Crippen molar-refractivity contribution in [3.05, 3.63) is 16.5 Å². The normalized spacial score (nSPS) is 13.9. The monoisotopic (exact) mass is 384 g/mol. The summed E-state index contributed by atoms with van der Waals surface area (Å²) in [6.45, 7) is 2.48. The summed E-state index contributed by atoms with van der Waals surface area (Å²) < 4.78 is 32.4. The fraction of sp³-hybridized carbons (Fsp3) is 0.667. The van der Waals surface area contributed by atoms with Gasteiger partial charge in [0.15, 0.2) is 4.67 Å². The molecule has 0 bridgehead atoms. The van der Waals surface area contributed by atoms with Crippen molar-refractivity contribution in [3.8, 4) is 0 Å². The van der Waals surface area contributed by atoms with Gasteiger partial charge >= 0.3 is 0 Å². The zero-order chi connectivity index (χ0) is 15.3. The first-order chi connectivity index (χ1) is 9.38. The molecular weight excluding hydrogens is 364 g/mol. The third kappa shape index (κ3) is 4.00. The van der Waals surface area contributed by atoms with Crippen molar-refractivity contribution in [3.63, 3.8) is 0 Å². The van der Waals surface area contributed by atoms with Crippen LogP contribution in [0.2, 0.25) is 0 Å². The molecule has 0 aliphatic heterocycles. The van der Waals surface area contributed by atoms with Crippen molar-refractivity contribution in [2.45, 2.75) is 30.8 Å². The lowest BCUT2D eigenvalue weighted by Gasteiger charge is -2.25. The van der Waals surface area contributed by atoms with E-state index in [1.165, 1.54) is 4.31 Å². The lowest BCUT2D eigenvalue weighted by atomic mass is 10.3. The van der Waals surface area contributed by atoms with Gasteiger partial charge in [0.1, 0.15) is 10.7 Å². The molecule has 1 aromatic heterocycles. The third-order valence-electron chi connectivity index (χ3n) is 3.06. The first-order valence-corrected chi connectivity index (χ1v) is 9.90. The lowest BCUT2D eigenvalue weighted by molar-refractivity contribution is 0.384. The maximum absolute atomic E-state index is 12.7. The van der Waals surface area contributed by atoms with E-state index in [0.717, 1.165) is 12.2 Å². The van der Waals surface area contributed by atoms with Gasteiger partial charge in [-0.3, -0.25) is 0 Å². The fourth-order valence-corrected chi connectivity index (χ4v) is 5.18. The van der Waals surface area contributed by atoms with Gasteiger partial charge in [-0.15, -0.1) is 0 Å². The standard InChI is InChI=1S/C12H21BrN2O3S2/c1-5-9(8-19-4)15(3)20(16,17)11-6-10(7-14-2)18-12(11)13/h6,9,14H,5,7-8H2,1-4H3. The number of nitrogens with zero attached hydrogens (tertiary/aromatic N) is 1. The number of nitrogens with one attached hydrogen (secondary N) is 1. The molecule has 0 amide bonds. The summed E-state index contributed by atoms with van der Waals surface area (Å²) in [4.78, 5) is 0.185. The highest BCUT2D eigenvalue weighted by atomic mass is 79.9. The predicted octanol–water partition coefficient (Wildman–Crippen LogP) is 2.52. The van der Waals surface area contributed by atoms with Gasteiger partial charge in [-0.1, -0.05) is 6.92 Å². The van der Waals surface area contributed by atoms with Gasteiger partial charge in [0, 0.05) is 24.9 Å². The summed E-state index contributed by atoms with van der Waals surface area (Å²) in [5.41, 5.74) is 0. The Morgan fingerprint density at radius 1 is 1.55 bits per heavy atom. The van der Waals surface area contributed by atoms with Crippen LogP contribution in [0.4, 0.5) is 0 Å². The Morgan fingerprint density at radius 3 is 2.70 bits per heavy atom. The quantitative estimate of drug-likeness (QED) is 0.745. The zero-order valence-electron chi connectivity index (χ0n) is 12.1. The van der Waals surface area contributed by atoms with Crippen LogP contribution in [0.5, 0.6) is 0 Å². The first-order valence-electron chi connectivity index (χ1n) is 6.28. The van der Waals surface area contributed by atoms with Gasteiger partial charge in [0.2, 0.25) is 10.0 Å². The molecule has 1 aromatic rings. The summed E-state index contributed by atoms with van der Waals surface area (Å²) in [5.74, 6) is 1.36. The number of thioether (sulfide) groups is 1. The minimum Gasteiger partial charge on any atom is -0.452 e. The number of halogens is 1. The van der Waals surface area contributed by atoms with Crippen molar-refractivity contribution in [2.75, 3.05) is 26.1 Å². The largest absolute Gasteiger partial charge is 0.452 e. The molecule has 1 unspecified atom stereocenters. The molecule has 0 saturated carbocycles. The summed E-state index contributed by atoms with van der Waals surface area (Å²) >= 11 is 4.84. The summed E-state index contributed by atoms with van der Waals surface area (Å²) in [6, 6.07) is 1.54. The Balaban J connectivity index is 3.09. The second-order valence-corrected chi connectivity index (χ2v) is 8.02. The molecule has 1 rings (SSSR count). The van der Waals surface area contributed by atoms with Crippen LogP contribution in [0.15, 0.2) is 20.0 Å². The molecule has 0 aromatic carbocycles. The molecular formula is C12H21BrN2O3S2. The van der Waals surface area contributed by atoms with Crippen LogP contribution in [0.1, 0.15) is 19.1 Å². The van der Waals surface area contributed by atoms with E-state index in [9.17, 15) is 8.42 Å². The number of sulfonamides is 1. The van der Waals surface area contributed by atoms with E-state index in [1.807, 2.05) is 13.2 Å². The maximum atomic E-state index is 12.7. The smallest absolute Gasteiger partial charge is 0.247 e. The van der Waals surface area contributed by atoms with Crippen LogP contribution >= 0.6 is 27.7 Å². The molecule has 20 heavy (non-hydrogen) atoms. The van der Waals surface area contributed by atoms with Crippen LogP contribution in [0.25, 0.3) is 0 Å². The van der Waals surface area contributed by atoms with Crippen molar-refractivity contribution >= 4 is 37.7 Å². The summed E-state index contributed by atoms with van der Waals surface area (Å²) in [7, 11) is -0.147. The van der Waals surface area contributed by atoms with Gasteiger partial charge in [-0.25, -0.2) is 8.42 Å². The summed E-state index contributed by atoms with van der Waals surface area (Å²) in [6.07, 6.45) is 2.75. The zero-order valence-corrected chi connectivity index (χ0v) is 15.4. The van der Waals surface area contributed by atoms with Gasteiger partial charge < -0.3 is 9.73 Å². The van der Waals surface area contributed by atoms with Gasteiger partial charge in [0.05, 0.1) is 6.54 Å². The van der Waals surface area contributed by atoms with E-state index in [0.29, 0.717) is 12.3 Å². The predicted molar refractivity (Wildman–Crippen MR) is 86.6 cm³/mol. The van der Waals surface area contributed by atoms with E-state index >= 15 is 0 Å². The lowest BCUT2D eigenvalue weighted by Crippen LogP contribution is -2.38. The highest BCUT2D eigenvalue weighted by Gasteiger charge is 2.30. The van der Waals surface area contributed by atoms with E-state index in [1.54, 1.807) is 31.9 Å². The number of hydrogen-bond donors (Lipinski definition) is 1. The van der Waals surface area contributed by atoms with E-state index in [2.05, 4.69) is 21.2 Å². The second-order valence-electron chi connectivity index (χ2n) is 4.42. The third-order valence-corrected chi connectivity index (χ3v) is 6.54. The van der Waals surface area contributed by atoms with Gasteiger partial charge in [-0.2, -0.15) is 16.1 Å². The van der Waals surface area contributed by atoms with Crippen LogP contribution < -0.4 is 5.32 Å². The molecule has 1 heterocycles. The topological polar surface area (TPSA) is 62.6 Å². The number of hydrogen-bond acceptors (Lipinski definition) is 5. The van der Waals surface area contributed by atoms with E-state index in [-0.39, 0.29) is 15.6 Å². The maximum Gasteiger partial charge on any atom is 0.247 e. The highest BCUT2D eigenvalue weighted by Crippen LogP contribution is 2.29. The molecule has 0 aliphatic carbocycles. The van der Waals surface area contributed by atoms with Crippen molar-refractivity contribution in [1.29, 1.82) is 0 Å².